The smallest absolute Gasteiger partial charge is 0.324 e. The molecule has 0 unspecified atom stereocenters. The van der Waals surface area contributed by atoms with Crippen molar-refractivity contribution in [2.24, 2.45) is 11.8 Å². The van der Waals surface area contributed by atoms with Crippen LogP contribution >= 0.6 is 11.3 Å². The number of hydrogen-bond donors (Lipinski definition) is 3. The SMILES string of the molecule is CCNC(=O)N(CCCN(CC)CC)C(=O)[C@@H]1C[C@@H]2Cc3c(sc(N)c3N)C[C@H]2N(C)C1. The normalized spacial score (nSPS) is 23.0. The molecule has 2 aliphatic rings. The number of carbonyl (C=O) groups excluding carboxylic acids is 2. The first-order valence-electron chi connectivity index (χ1n) is 12.0. The maximum absolute atomic E-state index is 13.5. The van der Waals surface area contributed by atoms with Gasteiger partial charge in [0.25, 0.3) is 0 Å². The summed E-state index contributed by atoms with van der Waals surface area (Å²) in [4.78, 5) is 33.7. The van der Waals surface area contributed by atoms with E-state index in [4.69, 9.17) is 11.5 Å². The second-order valence-electron chi connectivity index (χ2n) is 9.10. The number of nitrogen functional groups attached to an aromatic ring is 2. The highest BCUT2D eigenvalue weighted by Crippen LogP contribution is 2.44. The number of nitrogens with zero attached hydrogens (tertiary/aromatic N) is 3. The fraction of sp³-hybridized carbons (Fsp3) is 0.739. The Morgan fingerprint density at radius 2 is 1.88 bits per heavy atom. The lowest BCUT2D eigenvalue weighted by molar-refractivity contribution is -0.136. The van der Waals surface area contributed by atoms with Gasteiger partial charge in [0.1, 0.15) is 5.00 Å². The number of likely N-dealkylation sites (N-methyl/N-ethyl adjacent to an activating group) is 1. The van der Waals surface area contributed by atoms with Crippen molar-refractivity contribution in [1.29, 1.82) is 0 Å². The Labute approximate surface area is 196 Å². The van der Waals surface area contributed by atoms with Crippen LogP contribution in [-0.2, 0) is 17.6 Å². The molecule has 1 saturated heterocycles. The Balaban J connectivity index is 1.71. The summed E-state index contributed by atoms with van der Waals surface area (Å²) < 4.78 is 0. The molecule has 180 valence electrons. The number of likely N-dealkylation sites (tertiary alicyclic amines) is 1. The molecule has 9 heteroatoms. The summed E-state index contributed by atoms with van der Waals surface area (Å²) in [6, 6.07) is 0.118. The summed E-state index contributed by atoms with van der Waals surface area (Å²) in [5, 5.41) is 3.54. The van der Waals surface area contributed by atoms with Gasteiger partial charge in [-0.1, -0.05) is 13.8 Å². The minimum Gasteiger partial charge on any atom is -0.396 e. The summed E-state index contributed by atoms with van der Waals surface area (Å²) in [6.07, 6.45) is 3.37. The second kappa shape index (κ2) is 10.9. The van der Waals surface area contributed by atoms with Gasteiger partial charge in [-0.3, -0.25) is 9.69 Å². The Bertz CT molecular complexity index is 809. The topological polar surface area (TPSA) is 108 Å². The minimum absolute atomic E-state index is 0.0515. The predicted octanol–water partition coefficient (Wildman–Crippen LogP) is 2.24. The average molecular weight is 465 g/mol. The van der Waals surface area contributed by atoms with Crippen molar-refractivity contribution in [2.75, 3.05) is 57.8 Å². The van der Waals surface area contributed by atoms with E-state index in [2.05, 4.69) is 36.0 Å². The number of thiophene rings is 1. The largest absolute Gasteiger partial charge is 0.396 e. The fourth-order valence-corrected chi connectivity index (χ4v) is 6.39. The van der Waals surface area contributed by atoms with Crippen LogP contribution in [0.25, 0.3) is 0 Å². The number of anilines is 2. The standard InChI is InChI=1S/C23H40N6O2S/c1-5-26-23(31)29(10-8-9-28(6-2)7-3)22(30)16-11-15-12-17-19(32-21(25)20(17)24)13-18(15)27(4)14-16/h15-16,18H,5-14,24-25H2,1-4H3,(H,26,31)/t15-,16-,18-/m1/s1. The van der Waals surface area contributed by atoms with Gasteiger partial charge >= 0.3 is 6.03 Å². The van der Waals surface area contributed by atoms with Gasteiger partial charge in [0.05, 0.1) is 11.6 Å². The number of nitrogens with two attached hydrogens (primary N) is 2. The van der Waals surface area contributed by atoms with Crippen LogP contribution in [0.5, 0.6) is 0 Å². The van der Waals surface area contributed by atoms with Crippen LogP contribution in [0.4, 0.5) is 15.5 Å². The molecule has 5 N–H and O–H groups in total. The Morgan fingerprint density at radius 3 is 2.53 bits per heavy atom. The molecular weight excluding hydrogens is 424 g/mol. The molecule has 1 aliphatic carbocycles. The lowest BCUT2D eigenvalue weighted by atomic mass is 9.74. The molecule has 3 rings (SSSR count). The van der Waals surface area contributed by atoms with E-state index in [0.29, 0.717) is 36.6 Å². The van der Waals surface area contributed by atoms with Gasteiger partial charge in [-0.05, 0) is 70.8 Å². The summed E-state index contributed by atoms with van der Waals surface area (Å²) >= 11 is 1.60. The van der Waals surface area contributed by atoms with E-state index in [9.17, 15) is 9.59 Å². The van der Waals surface area contributed by atoms with E-state index in [0.717, 1.165) is 51.0 Å². The highest BCUT2D eigenvalue weighted by Gasteiger charge is 2.42. The molecule has 0 aromatic carbocycles. The molecule has 3 amide bonds. The summed E-state index contributed by atoms with van der Waals surface area (Å²) in [6.45, 7) is 10.6. The van der Waals surface area contributed by atoms with E-state index < -0.39 is 0 Å². The molecule has 0 saturated carbocycles. The third-order valence-corrected chi connectivity index (χ3v) is 8.27. The van der Waals surface area contributed by atoms with Gasteiger partial charge < -0.3 is 26.6 Å². The molecule has 1 aliphatic heterocycles. The highest BCUT2D eigenvalue weighted by molar-refractivity contribution is 7.16. The van der Waals surface area contributed by atoms with Crippen LogP contribution in [0.2, 0.25) is 0 Å². The Hall–Kier alpha value is -1.84. The number of carbonyl (C=O) groups is 2. The van der Waals surface area contributed by atoms with Crippen molar-refractivity contribution in [2.45, 2.75) is 52.5 Å². The molecular formula is C23H40N6O2S. The van der Waals surface area contributed by atoms with Crippen LogP contribution in [-0.4, -0.2) is 79.0 Å². The maximum atomic E-state index is 13.5. The summed E-state index contributed by atoms with van der Waals surface area (Å²) in [7, 11) is 2.10. The molecule has 2 heterocycles. The number of piperidine rings is 1. The highest BCUT2D eigenvalue weighted by atomic mass is 32.1. The molecule has 3 atom stereocenters. The number of urea groups is 1. The molecule has 8 nitrogen and oxygen atoms in total. The second-order valence-corrected chi connectivity index (χ2v) is 10.2. The zero-order valence-electron chi connectivity index (χ0n) is 20.0. The molecule has 1 aromatic heterocycles. The van der Waals surface area contributed by atoms with E-state index in [1.807, 2.05) is 6.92 Å². The first kappa shape index (κ1) is 24.8. The fourth-order valence-electron chi connectivity index (χ4n) is 5.32. The van der Waals surface area contributed by atoms with Crippen molar-refractivity contribution < 1.29 is 9.59 Å². The van der Waals surface area contributed by atoms with Crippen molar-refractivity contribution >= 4 is 34.0 Å². The van der Waals surface area contributed by atoms with E-state index in [1.54, 1.807) is 11.3 Å². The van der Waals surface area contributed by atoms with Gasteiger partial charge in [-0.15, -0.1) is 11.3 Å². The van der Waals surface area contributed by atoms with E-state index in [-0.39, 0.29) is 17.9 Å². The van der Waals surface area contributed by atoms with E-state index in [1.165, 1.54) is 15.3 Å². The van der Waals surface area contributed by atoms with Crippen LogP contribution in [0.1, 0.15) is 44.1 Å². The van der Waals surface area contributed by atoms with Crippen LogP contribution in [0.3, 0.4) is 0 Å². The number of fused-ring (bicyclic) bond motifs is 2. The average Bonchev–Trinajstić information content (AvgIpc) is 3.05. The van der Waals surface area contributed by atoms with Gasteiger partial charge in [-0.25, -0.2) is 4.79 Å². The summed E-state index contributed by atoms with van der Waals surface area (Å²) in [5.74, 6) is 0.110. The number of hydrogen-bond acceptors (Lipinski definition) is 7. The van der Waals surface area contributed by atoms with Crippen molar-refractivity contribution in [3.8, 4) is 0 Å². The van der Waals surface area contributed by atoms with Gasteiger partial charge in [-0.2, -0.15) is 0 Å². The molecule has 0 radical (unpaired) electrons. The van der Waals surface area contributed by atoms with Crippen molar-refractivity contribution in [1.82, 2.24) is 20.0 Å². The number of imide groups is 1. The Morgan fingerprint density at radius 1 is 1.16 bits per heavy atom. The zero-order valence-corrected chi connectivity index (χ0v) is 20.8. The van der Waals surface area contributed by atoms with Crippen LogP contribution in [0, 0.1) is 11.8 Å². The van der Waals surface area contributed by atoms with Crippen LogP contribution < -0.4 is 16.8 Å². The monoisotopic (exact) mass is 464 g/mol. The number of rotatable bonds is 8. The predicted molar refractivity (Wildman–Crippen MR) is 132 cm³/mol. The van der Waals surface area contributed by atoms with Gasteiger partial charge in [0.15, 0.2) is 0 Å². The lowest BCUT2D eigenvalue weighted by Gasteiger charge is -2.45. The van der Waals surface area contributed by atoms with Crippen LogP contribution in [0.15, 0.2) is 0 Å². The van der Waals surface area contributed by atoms with Gasteiger partial charge in [0, 0.05) is 30.6 Å². The van der Waals surface area contributed by atoms with E-state index >= 15 is 0 Å². The maximum Gasteiger partial charge on any atom is 0.324 e. The third-order valence-electron chi connectivity index (χ3n) is 7.17. The van der Waals surface area contributed by atoms with Crippen molar-refractivity contribution in [3.05, 3.63) is 10.4 Å². The van der Waals surface area contributed by atoms with Gasteiger partial charge in [0.2, 0.25) is 5.91 Å². The third kappa shape index (κ3) is 5.21. The molecule has 1 aromatic rings. The molecule has 32 heavy (non-hydrogen) atoms. The number of amides is 3. The number of nitrogens with one attached hydrogen (secondary N) is 1. The molecule has 1 fully saturated rings. The molecule has 0 bridgehead atoms. The first-order valence-corrected chi connectivity index (χ1v) is 12.8. The summed E-state index contributed by atoms with van der Waals surface area (Å²) in [5.41, 5.74) is 14.2. The quantitative estimate of drug-likeness (QED) is 0.545. The molecule has 0 spiro atoms. The Kier molecular flexibility index (Phi) is 8.41. The minimum atomic E-state index is -0.275. The lowest BCUT2D eigenvalue weighted by Crippen LogP contribution is -2.55. The zero-order chi connectivity index (χ0) is 23.4. The van der Waals surface area contributed by atoms with Crippen molar-refractivity contribution in [3.63, 3.8) is 0 Å². The first-order chi connectivity index (χ1) is 15.3.